The molecule has 1 aliphatic carbocycles. The number of aliphatic hydroxyl groups excluding tert-OH is 1. The monoisotopic (exact) mass is 284 g/mol. The zero-order chi connectivity index (χ0) is 14.0. The number of aliphatic hydroxyl groups is 1. The average Bonchev–Trinajstić information content (AvgIpc) is 2.38. The van der Waals surface area contributed by atoms with E-state index in [0.717, 1.165) is 18.4 Å². The first-order chi connectivity index (χ1) is 8.88. The minimum Gasteiger partial charge on any atom is -0.385 e. The van der Waals surface area contributed by atoms with Crippen molar-refractivity contribution in [3.8, 4) is 0 Å². The van der Waals surface area contributed by atoms with Crippen molar-refractivity contribution in [2.45, 2.75) is 44.0 Å². The molecule has 0 saturated heterocycles. The van der Waals surface area contributed by atoms with Gasteiger partial charge in [0.25, 0.3) is 0 Å². The Hall–Kier alpha value is -1.01. The van der Waals surface area contributed by atoms with Crippen LogP contribution in [-0.2, 0) is 9.84 Å². The van der Waals surface area contributed by atoms with Gasteiger partial charge in [0.05, 0.1) is 5.25 Å². The van der Waals surface area contributed by atoms with Gasteiger partial charge in [0.15, 0.2) is 5.82 Å². The molecule has 0 aromatic carbocycles. The second-order valence-electron chi connectivity index (χ2n) is 5.44. The van der Waals surface area contributed by atoms with Crippen molar-refractivity contribution in [1.29, 1.82) is 0 Å². The van der Waals surface area contributed by atoms with Gasteiger partial charge in [-0.3, -0.25) is 0 Å². The average molecular weight is 284 g/mol. The number of nitrogens with zero attached hydrogens (tertiary/aromatic N) is 2. The van der Waals surface area contributed by atoms with Crippen molar-refractivity contribution in [1.82, 2.24) is 9.97 Å². The van der Waals surface area contributed by atoms with E-state index in [2.05, 4.69) is 9.97 Å². The fourth-order valence-corrected chi connectivity index (χ4v) is 3.81. The van der Waals surface area contributed by atoms with Crippen LogP contribution in [0.1, 0.15) is 43.2 Å². The summed E-state index contributed by atoms with van der Waals surface area (Å²) in [4.78, 5) is 8.26. The molecule has 6 heteroatoms. The molecule has 0 aliphatic heterocycles. The molecule has 1 saturated carbocycles. The van der Waals surface area contributed by atoms with Gasteiger partial charge in [0.1, 0.15) is 15.9 Å². The smallest absolute Gasteiger partial charge is 0.157 e. The molecule has 2 rings (SSSR count). The van der Waals surface area contributed by atoms with Crippen LogP contribution in [0.5, 0.6) is 0 Å². The van der Waals surface area contributed by atoms with Gasteiger partial charge in [-0.05, 0) is 37.7 Å². The van der Waals surface area contributed by atoms with Gasteiger partial charge in [-0.15, -0.1) is 0 Å². The number of hydrogen-bond acceptors (Lipinski definition) is 5. The second-order valence-corrected chi connectivity index (χ2v) is 7.77. The van der Waals surface area contributed by atoms with Crippen LogP contribution in [0.2, 0.25) is 0 Å². The van der Waals surface area contributed by atoms with Crippen LogP contribution in [0.15, 0.2) is 12.4 Å². The lowest BCUT2D eigenvalue weighted by molar-refractivity contribution is 0.0779. The SMILES string of the molecule is Cc1cnc(C(O)C2CCCC(S(C)(=O)=O)C2)nc1. The van der Waals surface area contributed by atoms with E-state index in [9.17, 15) is 13.5 Å². The summed E-state index contributed by atoms with van der Waals surface area (Å²) in [5.74, 6) is 0.320. The molecule has 3 atom stereocenters. The highest BCUT2D eigenvalue weighted by molar-refractivity contribution is 7.91. The lowest BCUT2D eigenvalue weighted by atomic mass is 9.84. The van der Waals surface area contributed by atoms with Crippen LogP contribution in [0, 0.1) is 12.8 Å². The van der Waals surface area contributed by atoms with Crippen molar-refractivity contribution in [2.75, 3.05) is 6.26 Å². The second kappa shape index (κ2) is 5.54. The molecule has 1 aliphatic rings. The zero-order valence-electron chi connectivity index (χ0n) is 11.3. The molecule has 1 aromatic heterocycles. The van der Waals surface area contributed by atoms with E-state index in [1.807, 2.05) is 6.92 Å². The third-order valence-electron chi connectivity index (χ3n) is 3.78. The minimum absolute atomic E-state index is 0.0730. The number of rotatable bonds is 3. The van der Waals surface area contributed by atoms with E-state index in [4.69, 9.17) is 0 Å². The Kier molecular flexibility index (Phi) is 4.20. The van der Waals surface area contributed by atoms with E-state index in [-0.39, 0.29) is 11.2 Å². The standard InChI is InChI=1S/C13H20N2O3S/c1-9-7-14-13(15-8-9)12(16)10-4-3-5-11(6-10)19(2,17)18/h7-8,10-12,16H,3-6H2,1-2H3. The summed E-state index contributed by atoms with van der Waals surface area (Å²) < 4.78 is 23.2. The van der Waals surface area contributed by atoms with Crippen LogP contribution in [-0.4, -0.2) is 35.0 Å². The highest BCUT2D eigenvalue weighted by atomic mass is 32.2. The summed E-state index contributed by atoms with van der Waals surface area (Å²) in [5, 5.41) is 9.96. The maximum absolute atomic E-state index is 11.6. The molecule has 0 amide bonds. The van der Waals surface area contributed by atoms with Gasteiger partial charge in [-0.2, -0.15) is 0 Å². The van der Waals surface area contributed by atoms with Crippen LogP contribution < -0.4 is 0 Å². The topological polar surface area (TPSA) is 80.2 Å². The van der Waals surface area contributed by atoms with Crippen LogP contribution in [0.3, 0.4) is 0 Å². The summed E-state index contributed by atoms with van der Waals surface area (Å²) in [6, 6.07) is 0. The predicted molar refractivity (Wildman–Crippen MR) is 72.3 cm³/mol. The van der Waals surface area contributed by atoms with Gasteiger partial charge >= 0.3 is 0 Å². The molecule has 1 N–H and O–H groups in total. The number of aromatic nitrogens is 2. The maximum Gasteiger partial charge on any atom is 0.157 e. The molecular formula is C13H20N2O3S. The largest absolute Gasteiger partial charge is 0.385 e. The Morgan fingerprint density at radius 1 is 1.32 bits per heavy atom. The van der Waals surface area contributed by atoms with E-state index in [0.29, 0.717) is 18.7 Å². The summed E-state index contributed by atoms with van der Waals surface area (Å²) in [6.07, 6.45) is 6.67. The van der Waals surface area contributed by atoms with Crippen molar-refractivity contribution in [3.05, 3.63) is 23.8 Å². The number of aryl methyl sites for hydroxylation is 1. The zero-order valence-corrected chi connectivity index (χ0v) is 12.1. The number of sulfone groups is 1. The third-order valence-corrected chi connectivity index (χ3v) is 5.42. The molecule has 0 bridgehead atoms. The van der Waals surface area contributed by atoms with Crippen molar-refractivity contribution in [3.63, 3.8) is 0 Å². The summed E-state index contributed by atoms with van der Waals surface area (Å²) >= 11 is 0. The molecule has 106 valence electrons. The normalized spacial score (nSPS) is 26.1. The summed E-state index contributed by atoms with van der Waals surface area (Å²) in [7, 11) is -3.03. The third kappa shape index (κ3) is 3.51. The summed E-state index contributed by atoms with van der Waals surface area (Å²) in [6.45, 7) is 1.89. The van der Waals surface area contributed by atoms with E-state index >= 15 is 0 Å². The van der Waals surface area contributed by atoms with E-state index in [1.54, 1.807) is 12.4 Å². The van der Waals surface area contributed by atoms with Crippen LogP contribution in [0.4, 0.5) is 0 Å². The fourth-order valence-electron chi connectivity index (χ4n) is 2.62. The molecule has 19 heavy (non-hydrogen) atoms. The quantitative estimate of drug-likeness (QED) is 0.908. The highest BCUT2D eigenvalue weighted by Crippen LogP contribution is 2.35. The molecule has 0 radical (unpaired) electrons. The first kappa shape index (κ1) is 14.4. The number of hydrogen-bond donors (Lipinski definition) is 1. The Balaban J connectivity index is 2.11. The molecule has 5 nitrogen and oxygen atoms in total. The Morgan fingerprint density at radius 2 is 1.95 bits per heavy atom. The Bertz CT molecular complexity index is 527. The Morgan fingerprint density at radius 3 is 2.53 bits per heavy atom. The molecule has 1 aromatic rings. The van der Waals surface area contributed by atoms with Gasteiger partial charge in [0, 0.05) is 18.6 Å². The van der Waals surface area contributed by atoms with Gasteiger partial charge in [-0.1, -0.05) is 6.42 Å². The lowest BCUT2D eigenvalue weighted by Gasteiger charge is -2.30. The van der Waals surface area contributed by atoms with E-state index < -0.39 is 15.9 Å². The maximum atomic E-state index is 11.6. The molecule has 1 fully saturated rings. The van der Waals surface area contributed by atoms with Gasteiger partial charge in [0.2, 0.25) is 0 Å². The van der Waals surface area contributed by atoms with Gasteiger partial charge < -0.3 is 5.11 Å². The van der Waals surface area contributed by atoms with Crippen LogP contribution >= 0.6 is 0 Å². The molecule has 3 unspecified atom stereocenters. The Labute approximate surface area is 114 Å². The highest BCUT2D eigenvalue weighted by Gasteiger charge is 2.33. The lowest BCUT2D eigenvalue weighted by Crippen LogP contribution is -2.30. The summed E-state index contributed by atoms with van der Waals surface area (Å²) in [5.41, 5.74) is 0.939. The molecule has 0 spiro atoms. The first-order valence-electron chi connectivity index (χ1n) is 6.53. The predicted octanol–water partition coefficient (Wildman–Crippen LogP) is 1.42. The fraction of sp³-hybridized carbons (Fsp3) is 0.692. The van der Waals surface area contributed by atoms with Crippen molar-refractivity contribution >= 4 is 9.84 Å². The van der Waals surface area contributed by atoms with Crippen molar-refractivity contribution < 1.29 is 13.5 Å². The molecular weight excluding hydrogens is 264 g/mol. The van der Waals surface area contributed by atoms with Crippen LogP contribution in [0.25, 0.3) is 0 Å². The molecule has 1 heterocycles. The van der Waals surface area contributed by atoms with Gasteiger partial charge in [-0.25, -0.2) is 18.4 Å². The minimum atomic E-state index is -3.03. The van der Waals surface area contributed by atoms with E-state index in [1.165, 1.54) is 6.26 Å². The van der Waals surface area contributed by atoms with Crippen molar-refractivity contribution in [2.24, 2.45) is 5.92 Å². The first-order valence-corrected chi connectivity index (χ1v) is 8.49.